The molecule has 1 saturated carbocycles. The molecule has 10 heteroatoms. The second kappa shape index (κ2) is 9.53. The predicted molar refractivity (Wildman–Crippen MR) is 131 cm³/mol. The van der Waals surface area contributed by atoms with Crippen molar-refractivity contribution in [2.75, 3.05) is 37.5 Å². The van der Waals surface area contributed by atoms with E-state index in [-0.39, 0.29) is 16.9 Å². The van der Waals surface area contributed by atoms with Crippen molar-refractivity contribution in [3.63, 3.8) is 0 Å². The molecule has 1 saturated heterocycles. The lowest BCUT2D eigenvalue weighted by Gasteiger charge is -2.34. The van der Waals surface area contributed by atoms with Gasteiger partial charge >= 0.3 is 6.09 Å². The molecular weight excluding hydrogens is 468 g/mol. The van der Waals surface area contributed by atoms with Crippen LogP contribution in [0.4, 0.5) is 10.5 Å². The molecule has 35 heavy (non-hydrogen) atoms. The van der Waals surface area contributed by atoms with Crippen molar-refractivity contribution >= 4 is 38.6 Å². The van der Waals surface area contributed by atoms with Gasteiger partial charge in [0.15, 0.2) is 0 Å². The number of aromatic nitrogens is 1. The van der Waals surface area contributed by atoms with Gasteiger partial charge in [0.05, 0.1) is 12.1 Å². The Balaban J connectivity index is 1.20. The number of nitrogens with zero attached hydrogens (tertiary/aromatic N) is 3. The maximum atomic E-state index is 13.0. The lowest BCUT2D eigenvalue weighted by Crippen LogP contribution is -2.50. The van der Waals surface area contributed by atoms with E-state index in [9.17, 15) is 18.0 Å². The predicted octanol–water partition coefficient (Wildman–Crippen LogP) is 3.34. The van der Waals surface area contributed by atoms with E-state index in [2.05, 4.69) is 9.71 Å². The van der Waals surface area contributed by atoms with Gasteiger partial charge in [-0.2, -0.15) is 0 Å². The Morgan fingerprint density at radius 2 is 1.63 bits per heavy atom. The van der Waals surface area contributed by atoms with Crippen LogP contribution in [-0.4, -0.2) is 68.0 Å². The minimum absolute atomic E-state index is 0.0873. The number of piperazine rings is 1. The van der Waals surface area contributed by atoms with Crippen LogP contribution >= 0.6 is 0 Å². The summed E-state index contributed by atoms with van der Waals surface area (Å²) < 4.78 is 33.9. The molecule has 1 N–H and O–H groups in total. The molecule has 2 aliphatic rings. The molecule has 0 radical (unpaired) electrons. The highest BCUT2D eigenvalue weighted by atomic mass is 32.2. The summed E-state index contributed by atoms with van der Waals surface area (Å²) >= 11 is 0. The molecule has 0 atom stereocenters. The Hall–Kier alpha value is -3.66. The molecular formula is C25H26N4O5S. The number of pyridine rings is 1. The van der Waals surface area contributed by atoms with Gasteiger partial charge in [0, 0.05) is 49.0 Å². The molecule has 0 spiro atoms. The SMILES string of the molecule is O=C(OCC1CC1)N1CCN(C(=O)c2ccc(NS(=O)(=O)c3cccc4cccnc34)cc2)CC1. The van der Waals surface area contributed by atoms with E-state index in [1.807, 2.05) is 0 Å². The Labute approximate surface area is 203 Å². The van der Waals surface area contributed by atoms with Gasteiger partial charge in [-0.3, -0.25) is 14.5 Å². The second-order valence-electron chi connectivity index (χ2n) is 8.81. The zero-order valence-corrected chi connectivity index (χ0v) is 19.9. The van der Waals surface area contributed by atoms with E-state index < -0.39 is 10.0 Å². The summed E-state index contributed by atoms with van der Waals surface area (Å²) in [7, 11) is -3.87. The number of carbonyl (C=O) groups is 2. The number of fused-ring (bicyclic) bond motifs is 1. The third kappa shape index (κ3) is 5.22. The highest BCUT2D eigenvalue weighted by molar-refractivity contribution is 7.93. The fourth-order valence-electron chi connectivity index (χ4n) is 4.02. The molecule has 1 aromatic heterocycles. The summed E-state index contributed by atoms with van der Waals surface area (Å²) in [6.07, 6.45) is 3.48. The molecule has 0 unspecified atom stereocenters. The lowest BCUT2D eigenvalue weighted by molar-refractivity contribution is 0.0551. The summed E-state index contributed by atoms with van der Waals surface area (Å²) in [6.45, 7) is 2.16. The normalized spacial score (nSPS) is 16.2. The van der Waals surface area contributed by atoms with Crippen molar-refractivity contribution in [3.8, 4) is 0 Å². The third-order valence-corrected chi connectivity index (χ3v) is 7.65. The number of para-hydroxylation sites is 1. The smallest absolute Gasteiger partial charge is 0.409 e. The van der Waals surface area contributed by atoms with Crippen LogP contribution in [0.5, 0.6) is 0 Å². The van der Waals surface area contributed by atoms with E-state index in [4.69, 9.17) is 4.74 Å². The first kappa shape index (κ1) is 23.1. The molecule has 9 nitrogen and oxygen atoms in total. The van der Waals surface area contributed by atoms with Crippen molar-refractivity contribution in [2.24, 2.45) is 5.92 Å². The first-order chi connectivity index (χ1) is 16.9. The summed E-state index contributed by atoms with van der Waals surface area (Å²) in [4.78, 5) is 32.7. The molecule has 182 valence electrons. The summed E-state index contributed by atoms with van der Waals surface area (Å²) in [5.41, 5.74) is 1.19. The van der Waals surface area contributed by atoms with Gasteiger partial charge in [-0.05, 0) is 55.2 Å². The Morgan fingerprint density at radius 3 is 2.34 bits per heavy atom. The van der Waals surface area contributed by atoms with E-state index in [0.29, 0.717) is 55.5 Å². The summed E-state index contributed by atoms with van der Waals surface area (Å²) in [6, 6.07) is 14.9. The first-order valence-electron chi connectivity index (χ1n) is 11.6. The number of hydrogen-bond acceptors (Lipinski definition) is 6. The van der Waals surface area contributed by atoms with Crippen molar-refractivity contribution in [1.29, 1.82) is 0 Å². The van der Waals surface area contributed by atoms with E-state index in [1.54, 1.807) is 64.5 Å². The fraction of sp³-hybridized carbons (Fsp3) is 0.320. The number of anilines is 1. The van der Waals surface area contributed by atoms with Gasteiger partial charge in [-0.25, -0.2) is 13.2 Å². The number of hydrogen-bond donors (Lipinski definition) is 1. The van der Waals surface area contributed by atoms with Gasteiger partial charge in [0.2, 0.25) is 0 Å². The number of rotatable bonds is 6. The summed E-state index contributed by atoms with van der Waals surface area (Å²) in [5, 5.41) is 0.729. The Bertz CT molecular complexity index is 1340. The van der Waals surface area contributed by atoms with Crippen LogP contribution in [0.2, 0.25) is 0 Å². The van der Waals surface area contributed by atoms with E-state index in [0.717, 1.165) is 18.2 Å². The van der Waals surface area contributed by atoms with Crippen molar-refractivity contribution in [2.45, 2.75) is 17.7 Å². The van der Waals surface area contributed by atoms with Crippen molar-refractivity contribution in [3.05, 3.63) is 66.4 Å². The van der Waals surface area contributed by atoms with Crippen LogP contribution in [0, 0.1) is 5.92 Å². The standard InChI is InChI=1S/C25H26N4O5S/c30-24(28-13-15-29(16-14-28)25(31)34-17-18-6-7-18)20-8-10-21(11-9-20)27-35(32,33)22-5-1-3-19-4-2-12-26-23(19)22/h1-5,8-12,18,27H,6-7,13-17H2. The molecule has 0 bridgehead atoms. The molecule has 2 amide bonds. The number of nitrogens with one attached hydrogen (secondary N) is 1. The van der Waals surface area contributed by atoms with Crippen LogP contribution in [0.25, 0.3) is 10.9 Å². The van der Waals surface area contributed by atoms with Gasteiger partial charge in [-0.1, -0.05) is 18.2 Å². The number of benzene rings is 2. The zero-order valence-electron chi connectivity index (χ0n) is 19.1. The average molecular weight is 495 g/mol. The minimum Gasteiger partial charge on any atom is -0.449 e. The first-order valence-corrected chi connectivity index (χ1v) is 13.1. The molecule has 3 aromatic rings. The number of ether oxygens (including phenoxy) is 1. The summed E-state index contributed by atoms with van der Waals surface area (Å²) in [5.74, 6) is 0.349. The molecule has 1 aliphatic carbocycles. The van der Waals surface area contributed by atoms with Crippen LogP contribution in [0.1, 0.15) is 23.2 Å². The fourth-order valence-corrected chi connectivity index (χ4v) is 5.26. The third-order valence-electron chi connectivity index (χ3n) is 6.23. The van der Waals surface area contributed by atoms with Gasteiger partial charge < -0.3 is 14.5 Å². The monoisotopic (exact) mass is 494 g/mol. The maximum absolute atomic E-state index is 13.0. The molecule has 2 heterocycles. The van der Waals surface area contributed by atoms with E-state index in [1.165, 1.54) is 6.07 Å². The minimum atomic E-state index is -3.87. The maximum Gasteiger partial charge on any atom is 0.409 e. The van der Waals surface area contributed by atoms with Gasteiger partial charge in [0.25, 0.3) is 15.9 Å². The highest BCUT2D eigenvalue weighted by Crippen LogP contribution is 2.29. The number of sulfonamides is 1. The van der Waals surface area contributed by atoms with Crippen LogP contribution in [-0.2, 0) is 14.8 Å². The van der Waals surface area contributed by atoms with Crippen molar-refractivity contribution in [1.82, 2.24) is 14.8 Å². The van der Waals surface area contributed by atoms with Crippen LogP contribution in [0.15, 0.2) is 65.7 Å². The van der Waals surface area contributed by atoms with Gasteiger partial charge in [0.1, 0.15) is 4.90 Å². The number of amides is 2. The lowest BCUT2D eigenvalue weighted by atomic mass is 10.1. The second-order valence-corrected chi connectivity index (χ2v) is 10.5. The van der Waals surface area contributed by atoms with Crippen LogP contribution in [0.3, 0.4) is 0 Å². The quantitative estimate of drug-likeness (QED) is 0.563. The Kier molecular flexibility index (Phi) is 6.29. The topological polar surface area (TPSA) is 109 Å². The zero-order chi connectivity index (χ0) is 24.4. The number of carbonyl (C=O) groups excluding carboxylic acids is 2. The molecule has 5 rings (SSSR count). The molecule has 2 fully saturated rings. The van der Waals surface area contributed by atoms with Crippen LogP contribution < -0.4 is 4.72 Å². The Morgan fingerprint density at radius 1 is 0.943 bits per heavy atom. The highest BCUT2D eigenvalue weighted by Gasteiger charge is 2.28. The molecule has 1 aliphatic heterocycles. The van der Waals surface area contributed by atoms with Crippen molar-refractivity contribution < 1.29 is 22.7 Å². The molecule has 2 aromatic carbocycles. The average Bonchev–Trinajstić information content (AvgIpc) is 3.71. The van der Waals surface area contributed by atoms with Gasteiger partial charge in [-0.15, -0.1) is 0 Å². The largest absolute Gasteiger partial charge is 0.449 e. The van der Waals surface area contributed by atoms with E-state index >= 15 is 0 Å².